The van der Waals surface area contributed by atoms with E-state index in [-0.39, 0.29) is 18.4 Å². The van der Waals surface area contributed by atoms with E-state index < -0.39 is 6.04 Å². The molecule has 1 N–H and O–H groups in total. The molecule has 0 radical (unpaired) electrons. The van der Waals surface area contributed by atoms with Gasteiger partial charge in [0.2, 0.25) is 5.91 Å². The van der Waals surface area contributed by atoms with Gasteiger partial charge in [-0.25, -0.2) is 0 Å². The van der Waals surface area contributed by atoms with Crippen molar-refractivity contribution in [3.05, 3.63) is 63.1 Å². The van der Waals surface area contributed by atoms with Crippen LogP contribution in [0.25, 0.3) is 0 Å². The maximum absolute atomic E-state index is 13.1. The molecule has 156 valence electrons. The van der Waals surface area contributed by atoms with Gasteiger partial charge in [-0.2, -0.15) is 0 Å². The first-order valence-electron chi connectivity index (χ1n) is 9.73. The van der Waals surface area contributed by atoms with E-state index in [4.69, 9.17) is 4.74 Å². The van der Waals surface area contributed by atoms with Gasteiger partial charge in [-0.15, -0.1) is 0 Å². The molecule has 6 heteroatoms. The second-order valence-corrected chi connectivity index (χ2v) is 7.94. The molecule has 29 heavy (non-hydrogen) atoms. The average molecular weight is 461 g/mol. The zero-order valence-corrected chi connectivity index (χ0v) is 19.3. The summed E-state index contributed by atoms with van der Waals surface area (Å²) in [5.41, 5.74) is 4.18. The number of rotatable bonds is 8. The normalized spacial score (nSPS) is 11.7. The predicted molar refractivity (Wildman–Crippen MR) is 119 cm³/mol. The summed E-state index contributed by atoms with van der Waals surface area (Å²) in [6, 6.07) is 11.1. The molecule has 0 aliphatic heterocycles. The monoisotopic (exact) mass is 460 g/mol. The SMILES string of the molecule is CC[C@@H](C(=O)NC)N(Cc1ccccc1C)C(=O)COc1cc(C)c(Br)c(C)c1. The molecule has 0 bridgehead atoms. The van der Waals surface area contributed by atoms with E-state index in [1.807, 2.05) is 64.1 Å². The zero-order valence-electron chi connectivity index (χ0n) is 17.7. The number of carbonyl (C=O) groups excluding carboxylic acids is 2. The van der Waals surface area contributed by atoms with Gasteiger partial charge in [0.25, 0.3) is 5.91 Å². The van der Waals surface area contributed by atoms with Gasteiger partial charge in [0, 0.05) is 18.1 Å². The minimum Gasteiger partial charge on any atom is -0.484 e. The van der Waals surface area contributed by atoms with Crippen LogP contribution in [0.1, 0.15) is 35.6 Å². The molecule has 2 aromatic rings. The number of aryl methyl sites for hydroxylation is 3. The summed E-state index contributed by atoms with van der Waals surface area (Å²) in [5.74, 6) is 0.243. The number of nitrogens with zero attached hydrogens (tertiary/aromatic N) is 1. The third kappa shape index (κ3) is 5.82. The van der Waals surface area contributed by atoms with Gasteiger partial charge in [-0.3, -0.25) is 9.59 Å². The predicted octanol–water partition coefficient (Wildman–Crippen LogP) is 4.31. The molecular weight excluding hydrogens is 432 g/mol. The summed E-state index contributed by atoms with van der Waals surface area (Å²) in [7, 11) is 1.59. The largest absolute Gasteiger partial charge is 0.484 e. The quantitative estimate of drug-likeness (QED) is 0.638. The highest BCUT2D eigenvalue weighted by molar-refractivity contribution is 9.10. The molecular formula is C23H29BrN2O3. The van der Waals surface area contributed by atoms with Gasteiger partial charge in [0.15, 0.2) is 6.61 Å². The molecule has 0 saturated carbocycles. The molecule has 0 saturated heterocycles. The highest BCUT2D eigenvalue weighted by Gasteiger charge is 2.28. The minimum atomic E-state index is -0.552. The molecule has 5 nitrogen and oxygen atoms in total. The maximum atomic E-state index is 13.1. The number of amides is 2. The Hall–Kier alpha value is -2.34. The molecule has 0 heterocycles. The lowest BCUT2D eigenvalue weighted by Gasteiger charge is -2.30. The summed E-state index contributed by atoms with van der Waals surface area (Å²) >= 11 is 3.54. The van der Waals surface area contributed by atoms with E-state index in [2.05, 4.69) is 21.2 Å². The van der Waals surface area contributed by atoms with Crippen molar-refractivity contribution < 1.29 is 14.3 Å². The van der Waals surface area contributed by atoms with Crippen molar-refractivity contribution in [2.75, 3.05) is 13.7 Å². The summed E-state index contributed by atoms with van der Waals surface area (Å²) in [6.07, 6.45) is 0.522. The van der Waals surface area contributed by atoms with Gasteiger partial charge in [-0.05, 0) is 61.6 Å². The third-order valence-electron chi connectivity index (χ3n) is 5.01. The lowest BCUT2D eigenvalue weighted by atomic mass is 10.1. The van der Waals surface area contributed by atoms with Crippen molar-refractivity contribution in [3.8, 4) is 5.75 Å². The van der Waals surface area contributed by atoms with Crippen LogP contribution in [0.2, 0.25) is 0 Å². The molecule has 0 unspecified atom stereocenters. The van der Waals surface area contributed by atoms with E-state index >= 15 is 0 Å². The number of ether oxygens (including phenoxy) is 1. The number of hydrogen-bond acceptors (Lipinski definition) is 3. The maximum Gasteiger partial charge on any atom is 0.261 e. The van der Waals surface area contributed by atoms with Crippen LogP contribution >= 0.6 is 15.9 Å². The first kappa shape index (κ1) is 22.9. The molecule has 0 fully saturated rings. The van der Waals surface area contributed by atoms with Crippen LogP contribution in [-0.4, -0.2) is 36.4 Å². The molecule has 0 aliphatic carbocycles. The first-order valence-corrected chi connectivity index (χ1v) is 10.5. The topological polar surface area (TPSA) is 58.6 Å². The number of benzene rings is 2. The number of nitrogens with one attached hydrogen (secondary N) is 1. The molecule has 2 aromatic carbocycles. The van der Waals surface area contributed by atoms with E-state index in [9.17, 15) is 9.59 Å². The second kappa shape index (κ2) is 10.4. The van der Waals surface area contributed by atoms with Crippen LogP contribution in [0.3, 0.4) is 0 Å². The van der Waals surface area contributed by atoms with E-state index in [1.165, 1.54) is 0 Å². The van der Waals surface area contributed by atoms with Crippen molar-refractivity contribution in [1.82, 2.24) is 10.2 Å². The van der Waals surface area contributed by atoms with E-state index in [0.717, 1.165) is 26.7 Å². The Balaban J connectivity index is 2.24. The van der Waals surface area contributed by atoms with Crippen molar-refractivity contribution in [3.63, 3.8) is 0 Å². The zero-order chi connectivity index (χ0) is 21.6. The standard InChI is InChI=1S/C23H29BrN2O3/c1-6-20(23(28)25-5)26(13-18-10-8-7-9-15(18)2)21(27)14-29-19-11-16(3)22(24)17(4)12-19/h7-12,20H,6,13-14H2,1-5H3,(H,25,28)/t20-/m0/s1. The van der Waals surface area contributed by atoms with Crippen LogP contribution in [-0.2, 0) is 16.1 Å². The van der Waals surface area contributed by atoms with Gasteiger partial charge in [0.1, 0.15) is 11.8 Å². The highest BCUT2D eigenvalue weighted by atomic mass is 79.9. The van der Waals surface area contributed by atoms with Crippen molar-refractivity contribution in [2.24, 2.45) is 0 Å². The Morgan fingerprint density at radius 2 is 1.72 bits per heavy atom. The van der Waals surface area contributed by atoms with Crippen LogP contribution in [0.4, 0.5) is 0 Å². The van der Waals surface area contributed by atoms with E-state index in [0.29, 0.717) is 18.7 Å². The minimum absolute atomic E-state index is 0.125. The Labute approximate surface area is 181 Å². The van der Waals surface area contributed by atoms with Gasteiger partial charge in [-0.1, -0.05) is 47.1 Å². The molecule has 0 aliphatic rings. The Morgan fingerprint density at radius 3 is 2.28 bits per heavy atom. The molecule has 2 rings (SSSR count). The average Bonchev–Trinajstić information content (AvgIpc) is 2.70. The number of likely N-dealkylation sites (N-methyl/N-ethyl adjacent to an activating group) is 1. The van der Waals surface area contributed by atoms with Crippen molar-refractivity contribution in [1.29, 1.82) is 0 Å². The molecule has 0 aromatic heterocycles. The Morgan fingerprint density at radius 1 is 1.10 bits per heavy atom. The van der Waals surface area contributed by atoms with Gasteiger partial charge in [0.05, 0.1) is 0 Å². The summed E-state index contributed by atoms with van der Waals surface area (Å²) in [6.45, 7) is 8.10. The van der Waals surface area contributed by atoms with Crippen molar-refractivity contribution in [2.45, 2.75) is 46.7 Å². The van der Waals surface area contributed by atoms with Crippen LogP contribution < -0.4 is 10.1 Å². The Kier molecular flexibility index (Phi) is 8.26. The molecule has 0 spiro atoms. The van der Waals surface area contributed by atoms with Crippen molar-refractivity contribution >= 4 is 27.7 Å². The lowest BCUT2D eigenvalue weighted by molar-refractivity contribution is -0.142. The lowest BCUT2D eigenvalue weighted by Crippen LogP contribution is -2.49. The third-order valence-corrected chi connectivity index (χ3v) is 6.26. The number of carbonyl (C=O) groups is 2. The number of halogens is 1. The second-order valence-electron chi connectivity index (χ2n) is 7.15. The fraction of sp³-hybridized carbons (Fsp3) is 0.391. The summed E-state index contributed by atoms with van der Waals surface area (Å²) in [5, 5.41) is 2.67. The molecule has 1 atom stereocenters. The fourth-order valence-electron chi connectivity index (χ4n) is 3.27. The van der Waals surface area contributed by atoms with Crippen LogP contribution in [0, 0.1) is 20.8 Å². The fourth-order valence-corrected chi connectivity index (χ4v) is 3.50. The smallest absolute Gasteiger partial charge is 0.261 e. The summed E-state index contributed by atoms with van der Waals surface area (Å²) < 4.78 is 6.83. The molecule has 2 amide bonds. The van der Waals surface area contributed by atoms with Crippen LogP contribution in [0.15, 0.2) is 40.9 Å². The highest BCUT2D eigenvalue weighted by Crippen LogP contribution is 2.26. The van der Waals surface area contributed by atoms with Gasteiger partial charge < -0.3 is 15.0 Å². The first-order chi connectivity index (χ1) is 13.8. The van der Waals surface area contributed by atoms with Crippen LogP contribution in [0.5, 0.6) is 5.75 Å². The summed E-state index contributed by atoms with van der Waals surface area (Å²) in [4.78, 5) is 27.1. The number of hydrogen-bond donors (Lipinski definition) is 1. The van der Waals surface area contributed by atoms with E-state index in [1.54, 1.807) is 11.9 Å². The van der Waals surface area contributed by atoms with Gasteiger partial charge >= 0.3 is 0 Å². The Bertz CT molecular complexity index is 859.